The van der Waals surface area contributed by atoms with Gasteiger partial charge >= 0.3 is 0 Å². The lowest BCUT2D eigenvalue weighted by molar-refractivity contribution is 0.287. The number of hydrogen-bond acceptors (Lipinski definition) is 3. The van der Waals surface area contributed by atoms with Gasteiger partial charge in [0.15, 0.2) is 0 Å². The molecule has 0 radical (unpaired) electrons. The van der Waals surface area contributed by atoms with Gasteiger partial charge < -0.3 is 5.32 Å². The number of aromatic nitrogens is 2. The molecule has 2 unspecified atom stereocenters. The third kappa shape index (κ3) is 3.09. The molecular weight excluding hydrogens is 242 g/mol. The summed E-state index contributed by atoms with van der Waals surface area (Å²) in [5, 5.41) is 8.68. The van der Waals surface area contributed by atoms with E-state index in [1.54, 1.807) is 0 Å². The van der Waals surface area contributed by atoms with Gasteiger partial charge in [-0.15, -0.1) is 11.8 Å². The standard InChI is InChI=1S/C14H25N3S/c1-5-8-15-13-12(6-7-14(13,2)3)18-11-9-16-17(4)10-11/h9-10,12-13,15H,5-8H2,1-4H3. The van der Waals surface area contributed by atoms with Crippen LogP contribution in [0.25, 0.3) is 0 Å². The molecule has 1 aliphatic rings. The zero-order valence-corrected chi connectivity index (χ0v) is 12.8. The third-order valence-corrected chi connectivity index (χ3v) is 5.16. The molecule has 2 rings (SSSR count). The number of nitrogens with zero attached hydrogens (tertiary/aromatic N) is 2. The molecular formula is C14H25N3S. The van der Waals surface area contributed by atoms with Crippen LogP contribution in [0.3, 0.4) is 0 Å². The van der Waals surface area contributed by atoms with Crippen molar-refractivity contribution in [1.82, 2.24) is 15.1 Å². The maximum atomic E-state index is 4.26. The zero-order chi connectivity index (χ0) is 13.2. The molecule has 1 aliphatic carbocycles. The smallest absolute Gasteiger partial charge is 0.0625 e. The molecule has 0 saturated heterocycles. The molecule has 1 heterocycles. The molecule has 1 aromatic rings. The van der Waals surface area contributed by atoms with Crippen LogP contribution in [0.1, 0.15) is 40.0 Å². The predicted octanol–water partition coefficient (Wildman–Crippen LogP) is 3.07. The zero-order valence-electron chi connectivity index (χ0n) is 11.9. The molecule has 0 spiro atoms. The Morgan fingerprint density at radius 1 is 1.56 bits per heavy atom. The van der Waals surface area contributed by atoms with Gasteiger partial charge in [0.2, 0.25) is 0 Å². The van der Waals surface area contributed by atoms with Gasteiger partial charge in [-0.2, -0.15) is 5.10 Å². The van der Waals surface area contributed by atoms with Gasteiger partial charge in [0.1, 0.15) is 0 Å². The summed E-state index contributed by atoms with van der Waals surface area (Å²) in [6, 6.07) is 0.614. The van der Waals surface area contributed by atoms with Crippen LogP contribution in [0.15, 0.2) is 17.3 Å². The van der Waals surface area contributed by atoms with Crippen LogP contribution < -0.4 is 5.32 Å². The maximum absolute atomic E-state index is 4.26. The minimum Gasteiger partial charge on any atom is -0.312 e. The van der Waals surface area contributed by atoms with Crippen molar-refractivity contribution in [3.63, 3.8) is 0 Å². The van der Waals surface area contributed by atoms with Crippen molar-refractivity contribution in [2.75, 3.05) is 6.54 Å². The van der Waals surface area contributed by atoms with Crippen molar-refractivity contribution in [2.24, 2.45) is 12.5 Å². The number of aryl methyl sites for hydroxylation is 1. The van der Waals surface area contributed by atoms with Crippen LogP contribution in [-0.4, -0.2) is 27.6 Å². The molecule has 1 fully saturated rings. The summed E-state index contributed by atoms with van der Waals surface area (Å²) in [6.45, 7) is 8.14. The van der Waals surface area contributed by atoms with Crippen LogP contribution in [0, 0.1) is 5.41 Å². The first-order valence-corrected chi connectivity index (χ1v) is 7.79. The predicted molar refractivity (Wildman–Crippen MR) is 77.9 cm³/mol. The Bertz CT molecular complexity index is 386. The quantitative estimate of drug-likeness (QED) is 0.889. The summed E-state index contributed by atoms with van der Waals surface area (Å²) in [5.74, 6) is 0. The minimum atomic E-state index is 0.412. The van der Waals surface area contributed by atoms with E-state index in [0.29, 0.717) is 16.7 Å². The first-order valence-electron chi connectivity index (χ1n) is 6.91. The topological polar surface area (TPSA) is 29.9 Å². The normalized spacial score (nSPS) is 26.7. The van der Waals surface area contributed by atoms with Gasteiger partial charge in [-0.05, 0) is 31.2 Å². The minimum absolute atomic E-state index is 0.412. The van der Waals surface area contributed by atoms with E-state index in [4.69, 9.17) is 0 Å². The Morgan fingerprint density at radius 3 is 2.94 bits per heavy atom. The fourth-order valence-corrected chi connectivity index (χ4v) is 4.32. The molecule has 3 nitrogen and oxygen atoms in total. The summed E-state index contributed by atoms with van der Waals surface area (Å²) in [5.41, 5.74) is 0.412. The Morgan fingerprint density at radius 2 is 2.33 bits per heavy atom. The van der Waals surface area contributed by atoms with Crippen LogP contribution in [0.4, 0.5) is 0 Å². The van der Waals surface area contributed by atoms with Crippen molar-refractivity contribution in [1.29, 1.82) is 0 Å². The van der Waals surface area contributed by atoms with Gasteiger partial charge in [-0.3, -0.25) is 4.68 Å². The van der Waals surface area contributed by atoms with E-state index >= 15 is 0 Å². The molecule has 1 N–H and O–H groups in total. The second-order valence-corrected chi connectivity index (χ2v) is 7.28. The number of hydrogen-bond donors (Lipinski definition) is 1. The van der Waals surface area contributed by atoms with Crippen LogP contribution in [-0.2, 0) is 7.05 Å². The largest absolute Gasteiger partial charge is 0.312 e. The van der Waals surface area contributed by atoms with Crippen molar-refractivity contribution in [2.45, 2.75) is 56.2 Å². The maximum Gasteiger partial charge on any atom is 0.0625 e. The van der Waals surface area contributed by atoms with Crippen molar-refractivity contribution >= 4 is 11.8 Å². The second kappa shape index (κ2) is 5.66. The van der Waals surface area contributed by atoms with Crippen LogP contribution in [0.5, 0.6) is 0 Å². The number of rotatable bonds is 5. The average molecular weight is 267 g/mol. The Hall–Kier alpha value is -0.480. The van der Waals surface area contributed by atoms with Gasteiger partial charge in [-0.25, -0.2) is 0 Å². The molecule has 0 aromatic carbocycles. The van der Waals surface area contributed by atoms with E-state index in [1.807, 2.05) is 29.7 Å². The van der Waals surface area contributed by atoms with E-state index in [0.717, 1.165) is 6.54 Å². The Kier molecular flexibility index (Phi) is 4.38. The van der Waals surface area contributed by atoms with E-state index in [1.165, 1.54) is 24.2 Å². The van der Waals surface area contributed by atoms with E-state index < -0.39 is 0 Å². The second-order valence-electron chi connectivity index (χ2n) is 5.97. The molecule has 18 heavy (non-hydrogen) atoms. The molecule has 2 atom stereocenters. The highest BCUT2D eigenvalue weighted by Crippen LogP contribution is 2.44. The summed E-state index contributed by atoms with van der Waals surface area (Å²) in [6.07, 6.45) is 7.91. The highest BCUT2D eigenvalue weighted by molar-refractivity contribution is 8.00. The molecule has 0 amide bonds. The highest BCUT2D eigenvalue weighted by Gasteiger charge is 2.41. The molecule has 4 heteroatoms. The van der Waals surface area contributed by atoms with Gasteiger partial charge in [-0.1, -0.05) is 20.8 Å². The van der Waals surface area contributed by atoms with Crippen LogP contribution in [0.2, 0.25) is 0 Å². The lowest BCUT2D eigenvalue weighted by Gasteiger charge is -2.31. The van der Waals surface area contributed by atoms with Crippen molar-refractivity contribution < 1.29 is 0 Å². The van der Waals surface area contributed by atoms with Crippen molar-refractivity contribution in [3.8, 4) is 0 Å². The first-order chi connectivity index (χ1) is 8.53. The van der Waals surface area contributed by atoms with Gasteiger partial charge in [0, 0.05) is 29.4 Å². The number of nitrogens with one attached hydrogen (secondary N) is 1. The Balaban J connectivity index is 2.02. The highest BCUT2D eigenvalue weighted by atomic mass is 32.2. The van der Waals surface area contributed by atoms with Crippen molar-refractivity contribution in [3.05, 3.63) is 12.4 Å². The van der Waals surface area contributed by atoms with E-state index in [-0.39, 0.29) is 0 Å². The monoisotopic (exact) mass is 267 g/mol. The SMILES string of the molecule is CCCNC1C(Sc2cnn(C)c2)CCC1(C)C. The fourth-order valence-electron chi connectivity index (χ4n) is 2.81. The molecule has 1 aromatic heterocycles. The van der Waals surface area contributed by atoms with Gasteiger partial charge in [0.25, 0.3) is 0 Å². The molecule has 0 aliphatic heterocycles. The summed E-state index contributed by atoms with van der Waals surface area (Å²) >= 11 is 1.99. The first kappa shape index (κ1) is 13.9. The van der Waals surface area contributed by atoms with Gasteiger partial charge in [0.05, 0.1) is 6.20 Å². The summed E-state index contributed by atoms with van der Waals surface area (Å²) in [7, 11) is 1.98. The summed E-state index contributed by atoms with van der Waals surface area (Å²) < 4.78 is 1.89. The lowest BCUT2D eigenvalue weighted by Crippen LogP contribution is -2.43. The van der Waals surface area contributed by atoms with Crippen LogP contribution >= 0.6 is 11.8 Å². The summed E-state index contributed by atoms with van der Waals surface area (Å²) in [4.78, 5) is 1.29. The fraction of sp³-hybridized carbons (Fsp3) is 0.786. The van der Waals surface area contributed by atoms with E-state index in [9.17, 15) is 0 Å². The lowest BCUT2D eigenvalue weighted by atomic mass is 9.87. The third-order valence-electron chi connectivity index (χ3n) is 3.87. The molecule has 1 saturated carbocycles. The Labute approximate surface area is 115 Å². The molecule has 0 bridgehead atoms. The molecule has 102 valence electrons. The average Bonchev–Trinajstić information content (AvgIpc) is 2.82. The number of thioether (sulfide) groups is 1. The van der Waals surface area contributed by atoms with E-state index in [2.05, 4.69) is 37.4 Å².